The van der Waals surface area contributed by atoms with Crippen molar-refractivity contribution in [2.75, 3.05) is 11.9 Å². The van der Waals surface area contributed by atoms with Gasteiger partial charge in [-0.3, -0.25) is 9.59 Å². The molecule has 5 nitrogen and oxygen atoms in total. The molecular formula is C11H17N3O2S. The van der Waals surface area contributed by atoms with E-state index in [9.17, 15) is 9.59 Å². The zero-order valence-electron chi connectivity index (χ0n) is 9.73. The summed E-state index contributed by atoms with van der Waals surface area (Å²) in [7, 11) is 0. The van der Waals surface area contributed by atoms with Gasteiger partial charge in [0, 0.05) is 5.92 Å². The lowest BCUT2D eigenvalue weighted by Gasteiger charge is -2.11. The monoisotopic (exact) mass is 255 g/mol. The summed E-state index contributed by atoms with van der Waals surface area (Å²) < 4.78 is 0. The molecule has 0 aliphatic carbocycles. The van der Waals surface area contributed by atoms with Gasteiger partial charge in [-0.05, 0) is 30.8 Å². The fourth-order valence-corrected chi connectivity index (χ4v) is 2.19. The van der Waals surface area contributed by atoms with Gasteiger partial charge in [0.1, 0.15) is 5.00 Å². The third-order valence-corrected chi connectivity index (χ3v) is 3.29. The van der Waals surface area contributed by atoms with Crippen LogP contribution in [0.4, 0.5) is 5.00 Å². The third kappa shape index (κ3) is 3.83. The first-order valence-electron chi connectivity index (χ1n) is 5.44. The summed E-state index contributed by atoms with van der Waals surface area (Å²) in [5.74, 6) is -0.763. The van der Waals surface area contributed by atoms with Crippen molar-refractivity contribution in [1.29, 1.82) is 0 Å². The number of anilines is 1. The van der Waals surface area contributed by atoms with E-state index in [1.54, 1.807) is 11.4 Å². The minimum atomic E-state index is -0.531. The van der Waals surface area contributed by atoms with Crippen LogP contribution in [-0.2, 0) is 4.79 Å². The van der Waals surface area contributed by atoms with Gasteiger partial charge in [0.15, 0.2) is 0 Å². The highest BCUT2D eigenvalue weighted by molar-refractivity contribution is 7.14. The molecule has 0 aromatic carbocycles. The molecule has 0 bridgehead atoms. The molecule has 6 heteroatoms. The van der Waals surface area contributed by atoms with Crippen molar-refractivity contribution in [3.63, 3.8) is 0 Å². The van der Waals surface area contributed by atoms with Crippen molar-refractivity contribution in [2.24, 2.45) is 17.4 Å². The molecule has 17 heavy (non-hydrogen) atoms. The van der Waals surface area contributed by atoms with Gasteiger partial charge in [0.25, 0.3) is 5.91 Å². The molecule has 0 fully saturated rings. The van der Waals surface area contributed by atoms with Crippen LogP contribution in [0.1, 0.15) is 30.1 Å². The van der Waals surface area contributed by atoms with Gasteiger partial charge in [-0.15, -0.1) is 11.3 Å². The van der Waals surface area contributed by atoms with E-state index >= 15 is 0 Å². The minimum absolute atomic E-state index is 0.108. The zero-order chi connectivity index (χ0) is 12.8. The van der Waals surface area contributed by atoms with Crippen molar-refractivity contribution < 1.29 is 9.59 Å². The molecule has 5 N–H and O–H groups in total. The van der Waals surface area contributed by atoms with Crippen LogP contribution in [0.5, 0.6) is 0 Å². The van der Waals surface area contributed by atoms with Gasteiger partial charge in [0.2, 0.25) is 5.91 Å². The van der Waals surface area contributed by atoms with Crippen LogP contribution in [0.2, 0.25) is 0 Å². The quantitative estimate of drug-likeness (QED) is 0.711. The predicted octanol–water partition coefficient (Wildman–Crippen LogP) is 1.16. The number of nitrogens with two attached hydrogens (primary N) is 2. The van der Waals surface area contributed by atoms with E-state index in [1.165, 1.54) is 11.3 Å². The van der Waals surface area contributed by atoms with Gasteiger partial charge in [0.05, 0.1) is 5.56 Å². The van der Waals surface area contributed by atoms with Gasteiger partial charge in [-0.2, -0.15) is 0 Å². The Morgan fingerprint density at radius 2 is 2.24 bits per heavy atom. The van der Waals surface area contributed by atoms with E-state index in [0.717, 1.165) is 12.8 Å². The van der Waals surface area contributed by atoms with Crippen molar-refractivity contribution in [3.8, 4) is 0 Å². The van der Waals surface area contributed by atoms with Crippen LogP contribution in [0.25, 0.3) is 0 Å². The molecular weight excluding hydrogens is 238 g/mol. The highest BCUT2D eigenvalue weighted by Crippen LogP contribution is 2.23. The van der Waals surface area contributed by atoms with Crippen LogP contribution in [-0.4, -0.2) is 18.4 Å². The Morgan fingerprint density at radius 1 is 1.53 bits per heavy atom. The van der Waals surface area contributed by atoms with E-state index in [4.69, 9.17) is 11.5 Å². The second-order valence-electron chi connectivity index (χ2n) is 3.85. The Balaban J connectivity index is 2.61. The predicted molar refractivity (Wildman–Crippen MR) is 68.9 cm³/mol. The van der Waals surface area contributed by atoms with Crippen molar-refractivity contribution in [2.45, 2.75) is 19.8 Å². The fourth-order valence-electron chi connectivity index (χ4n) is 1.39. The fraction of sp³-hybridized carbons (Fsp3) is 0.455. The smallest absolute Gasteiger partial charge is 0.251 e. The average Bonchev–Trinajstić information content (AvgIpc) is 2.73. The molecule has 2 amide bonds. The lowest BCUT2D eigenvalue weighted by Crippen LogP contribution is -2.22. The Labute approximate surface area is 104 Å². The van der Waals surface area contributed by atoms with E-state index in [1.807, 2.05) is 6.92 Å². The number of thiophene rings is 1. The van der Waals surface area contributed by atoms with Crippen LogP contribution >= 0.6 is 11.3 Å². The van der Waals surface area contributed by atoms with Gasteiger partial charge in [-0.25, -0.2) is 0 Å². The Kier molecular flexibility index (Phi) is 5.11. The molecule has 94 valence electrons. The summed E-state index contributed by atoms with van der Waals surface area (Å²) in [6, 6.07) is 1.60. The highest BCUT2D eigenvalue weighted by Gasteiger charge is 2.16. The number of primary amides is 1. The largest absolute Gasteiger partial charge is 0.366 e. The van der Waals surface area contributed by atoms with Gasteiger partial charge in [-0.1, -0.05) is 6.92 Å². The first-order chi connectivity index (χ1) is 8.06. The van der Waals surface area contributed by atoms with E-state index < -0.39 is 5.91 Å². The SMILES string of the molecule is CC(CCCN)C(=O)Nc1sccc1C(N)=O. The number of hydrogen-bond acceptors (Lipinski definition) is 4. The number of hydrogen-bond donors (Lipinski definition) is 3. The third-order valence-electron chi connectivity index (χ3n) is 2.46. The second-order valence-corrected chi connectivity index (χ2v) is 4.76. The minimum Gasteiger partial charge on any atom is -0.366 e. The Hall–Kier alpha value is -1.40. The maximum Gasteiger partial charge on any atom is 0.251 e. The van der Waals surface area contributed by atoms with E-state index in [-0.39, 0.29) is 11.8 Å². The summed E-state index contributed by atoms with van der Waals surface area (Å²) in [6.45, 7) is 2.41. The molecule has 0 saturated carbocycles. The van der Waals surface area contributed by atoms with E-state index in [2.05, 4.69) is 5.32 Å². The summed E-state index contributed by atoms with van der Waals surface area (Å²) >= 11 is 1.29. The second kappa shape index (κ2) is 6.36. The van der Waals surface area contributed by atoms with Gasteiger partial charge >= 0.3 is 0 Å². The first-order valence-corrected chi connectivity index (χ1v) is 6.32. The van der Waals surface area contributed by atoms with Crippen molar-refractivity contribution in [3.05, 3.63) is 17.0 Å². The molecule has 0 saturated heterocycles. The molecule has 1 atom stereocenters. The summed E-state index contributed by atoms with van der Waals surface area (Å²) in [5.41, 5.74) is 10.9. The Bertz CT molecular complexity index is 403. The maximum absolute atomic E-state index is 11.8. The first kappa shape index (κ1) is 13.7. The topological polar surface area (TPSA) is 98.2 Å². The number of nitrogens with one attached hydrogen (secondary N) is 1. The van der Waals surface area contributed by atoms with Crippen LogP contribution in [0.15, 0.2) is 11.4 Å². The maximum atomic E-state index is 11.8. The van der Waals surface area contributed by atoms with Crippen LogP contribution < -0.4 is 16.8 Å². The van der Waals surface area contributed by atoms with E-state index in [0.29, 0.717) is 17.1 Å². The number of carbonyl (C=O) groups is 2. The summed E-state index contributed by atoms with van der Waals surface area (Å²) in [5, 5.41) is 4.96. The molecule has 1 heterocycles. The molecule has 0 spiro atoms. The lowest BCUT2D eigenvalue weighted by atomic mass is 10.1. The molecule has 0 radical (unpaired) electrons. The van der Waals surface area contributed by atoms with Crippen molar-refractivity contribution in [1.82, 2.24) is 0 Å². The highest BCUT2D eigenvalue weighted by atomic mass is 32.1. The number of amides is 2. The zero-order valence-corrected chi connectivity index (χ0v) is 10.5. The molecule has 1 unspecified atom stereocenters. The Morgan fingerprint density at radius 3 is 2.82 bits per heavy atom. The molecule has 0 aliphatic rings. The normalized spacial score (nSPS) is 12.1. The molecule has 1 aromatic heterocycles. The standard InChI is InChI=1S/C11H17N3O2S/c1-7(3-2-5-12)10(16)14-11-8(9(13)15)4-6-17-11/h4,6-7H,2-3,5,12H2,1H3,(H2,13,15)(H,14,16). The summed E-state index contributed by atoms with van der Waals surface area (Å²) in [6.07, 6.45) is 1.54. The number of rotatable bonds is 6. The number of carbonyl (C=O) groups excluding carboxylic acids is 2. The van der Waals surface area contributed by atoms with Crippen molar-refractivity contribution >= 4 is 28.2 Å². The van der Waals surface area contributed by atoms with Crippen LogP contribution in [0.3, 0.4) is 0 Å². The van der Waals surface area contributed by atoms with Crippen LogP contribution in [0, 0.1) is 5.92 Å². The van der Waals surface area contributed by atoms with Gasteiger partial charge < -0.3 is 16.8 Å². The summed E-state index contributed by atoms with van der Waals surface area (Å²) in [4.78, 5) is 22.9. The molecule has 0 aliphatic heterocycles. The molecule has 1 aromatic rings. The molecule has 1 rings (SSSR count). The average molecular weight is 255 g/mol. The lowest BCUT2D eigenvalue weighted by molar-refractivity contribution is -0.119.